The highest BCUT2D eigenvalue weighted by molar-refractivity contribution is 9.10. The SMILES string of the molecule is Cc1nn(-c2ncc(CO)cn2)c(C)c1Br. The van der Waals surface area contributed by atoms with E-state index < -0.39 is 0 Å². The van der Waals surface area contributed by atoms with Gasteiger partial charge in [0.05, 0.1) is 22.5 Å². The van der Waals surface area contributed by atoms with Crippen molar-refractivity contribution in [2.45, 2.75) is 20.5 Å². The molecule has 0 unspecified atom stereocenters. The standard InChI is InChI=1S/C10H11BrN4O/c1-6-9(11)7(2)15(14-6)10-12-3-8(5-16)4-13-10/h3-4,16H,5H2,1-2H3. The van der Waals surface area contributed by atoms with Gasteiger partial charge in [-0.25, -0.2) is 14.6 Å². The summed E-state index contributed by atoms with van der Waals surface area (Å²) in [5.74, 6) is 0.503. The lowest BCUT2D eigenvalue weighted by atomic mass is 10.4. The van der Waals surface area contributed by atoms with E-state index in [1.807, 2.05) is 13.8 Å². The third kappa shape index (κ3) is 1.85. The lowest BCUT2D eigenvalue weighted by Crippen LogP contribution is -2.05. The summed E-state index contributed by atoms with van der Waals surface area (Å²) < 4.78 is 2.63. The molecular weight excluding hydrogens is 272 g/mol. The molecule has 0 spiro atoms. The topological polar surface area (TPSA) is 63.8 Å². The Balaban J connectivity index is 2.46. The molecule has 0 saturated carbocycles. The zero-order chi connectivity index (χ0) is 11.7. The van der Waals surface area contributed by atoms with Gasteiger partial charge in [0.2, 0.25) is 0 Å². The van der Waals surface area contributed by atoms with Gasteiger partial charge >= 0.3 is 0 Å². The van der Waals surface area contributed by atoms with Crippen LogP contribution in [-0.4, -0.2) is 24.9 Å². The molecule has 0 fully saturated rings. The van der Waals surface area contributed by atoms with Gasteiger partial charge in [0.25, 0.3) is 5.95 Å². The molecule has 0 aliphatic rings. The summed E-state index contributed by atoms with van der Waals surface area (Å²) in [6.45, 7) is 3.80. The summed E-state index contributed by atoms with van der Waals surface area (Å²) in [6, 6.07) is 0. The molecule has 0 saturated heterocycles. The lowest BCUT2D eigenvalue weighted by Gasteiger charge is -2.02. The molecule has 0 aliphatic carbocycles. The van der Waals surface area contributed by atoms with Gasteiger partial charge in [-0.2, -0.15) is 5.10 Å². The van der Waals surface area contributed by atoms with Crippen LogP contribution in [0.15, 0.2) is 16.9 Å². The Morgan fingerprint density at radius 1 is 1.31 bits per heavy atom. The molecule has 0 amide bonds. The van der Waals surface area contributed by atoms with Gasteiger partial charge in [-0.3, -0.25) is 0 Å². The molecule has 84 valence electrons. The van der Waals surface area contributed by atoms with E-state index in [-0.39, 0.29) is 6.61 Å². The molecule has 0 aromatic carbocycles. The second-order valence-electron chi connectivity index (χ2n) is 3.45. The molecule has 0 atom stereocenters. The molecule has 6 heteroatoms. The number of aliphatic hydroxyl groups is 1. The predicted molar refractivity (Wildman–Crippen MR) is 62.3 cm³/mol. The van der Waals surface area contributed by atoms with Crippen LogP contribution in [0.1, 0.15) is 17.0 Å². The first kappa shape index (κ1) is 11.2. The van der Waals surface area contributed by atoms with Crippen LogP contribution in [0.25, 0.3) is 5.95 Å². The summed E-state index contributed by atoms with van der Waals surface area (Å²) in [5.41, 5.74) is 2.53. The van der Waals surface area contributed by atoms with Crippen LogP contribution in [0.5, 0.6) is 0 Å². The van der Waals surface area contributed by atoms with Crippen molar-refractivity contribution in [1.82, 2.24) is 19.7 Å². The quantitative estimate of drug-likeness (QED) is 0.908. The first-order valence-corrected chi connectivity index (χ1v) is 5.56. The maximum Gasteiger partial charge on any atom is 0.250 e. The minimum atomic E-state index is -0.0545. The Labute approximate surface area is 101 Å². The third-order valence-electron chi connectivity index (χ3n) is 2.27. The fourth-order valence-electron chi connectivity index (χ4n) is 1.36. The Kier molecular flexibility index (Phi) is 3.02. The van der Waals surface area contributed by atoms with E-state index in [9.17, 15) is 0 Å². The summed E-state index contributed by atoms with van der Waals surface area (Å²) in [7, 11) is 0. The van der Waals surface area contributed by atoms with Crippen molar-refractivity contribution in [2.75, 3.05) is 0 Å². The van der Waals surface area contributed by atoms with E-state index in [2.05, 4.69) is 31.0 Å². The average molecular weight is 283 g/mol. The van der Waals surface area contributed by atoms with Crippen molar-refractivity contribution in [3.8, 4) is 5.95 Å². The zero-order valence-corrected chi connectivity index (χ0v) is 10.6. The number of aromatic nitrogens is 4. The van der Waals surface area contributed by atoms with E-state index in [0.717, 1.165) is 15.9 Å². The van der Waals surface area contributed by atoms with Crippen LogP contribution >= 0.6 is 15.9 Å². The van der Waals surface area contributed by atoms with Gasteiger partial charge in [-0.05, 0) is 29.8 Å². The van der Waals surface area contributed by atoms with Gasteiger partial charge in [-0.1, -0.05) is 0 Å². The number of hydrogen-bond donors (Lipinski definition) is 1. The van der Waals surface area contributed by atoms with Crippen LogP contribution < -0.4 is 0 Å². The summed E-state index contributed by atoms with van der Waals surface area (Å²) in [5, 5.41) is 13.2. The number of halogens is 1. The molecule has 0 bridgehead atoms. The molecule has 5 nitrogen and oxygen atoms in total. The fraction of sp³-hybridized carbons (Fsp3) is 0.300. The number of rotatable bonds is 2. The number of nitrogens with zero attached hydrogens (tertiary/aromatic N) is 4. The smallest absolute Gasteiger partial charge is 0.250 e. The molecule has 16 heavy (non-hydrogen) atoms. The largest absolute Gasteiger partial charge is 0.392 e. The maximum absolute atomic E-state index is 8.89. The van der Waals surface area contributed by atoms with Crippen molar-refractivity contribution in [3.63, 3.8) is 0 Å². The van der Waals surface area contributed by atoms with Gasteiger partial charge in [0, 0.05) is 18.0 Å². The highest BCUT2D eigenvalue weighted by Crippen LogP contribution is 2.21. The molecule has 2 aromatic heterocycles. The Hall–Kier alpha value is -1.27. The van der Waals surface area contributed by atoms with E-state index in [1.54, 1.807) is 17.1 Å². The second kappa shape index (κ2) is 4.31. The van der Waals surface area contributed by atoms with Crippen LogP contribution in [0.3, 0.4) is 0 Å². The van der Waals surface area contributed by atoms with Gasteiger partial charge in [-0.15, -0.1) is 0 Å². The van der Waals surface area contributed by atoms with E-state index >= 15 is 0 Å². The zero-order valence-electron chi connectivity index (χ0n) is 8.98. The molecular formula is C10H11BrN4O. The molecule has 2 rings (SSSR count). The van der Waals surface area contributed by atoms with Crippen molar-refractivity contribution in [3.05, 3.63) is 33.8 Å². The number of aryl methyl sites for hydroxylation is 1. The summed E-state index contributed by atoms with van der Waals surface area (Å²) in [6.07, 6.45) is 3.18. The number of hydrogen-bond acceptors (Lipinski definition) is 4. The maximum atomic E-state index is 8.89. The van der Waals surface area contributed by atoms with Crippen LogP contribution in [0.2, 0.25) is 0 Å². The summed E-state index contributed by atoms with van der Waals surface area (Å²) >= 11 is 3.45. The third-order valence-corrected chi connectivity index (χ3v) is 3.41. The highest BCUT2D eigenvalue weighted by atomic mass is 79.9. The van der Waals surface area contributed by atoms with Crippen LogP contribution in [-0.2, 0) is 6.61 Å². The predicted octanol–water partition coefficient (Wildman–Crippen LogP) is 1.53. The van der Waals surface area contributed by atoms with E-state index in [0.29, 0.717) is 11.5 Å². The minimum Gasteiger partial charge on any atom is -0.392 e. The molecule has 2 heterocycles. The Bertz CT molecular complexity index is 506. The first-order valence-electron chi connectivity index (χ1n) is 4.77. The molecule has 1 N–H and O–H groups in total. The van der Waals surface area contributed by atoms with Crippen molar-refractivity contribution >= 4 is 15.9 Å². The van der Waals surface area contributed by atoms with E-state index in [1.165, 1.54) is 0 Å². The molecule has 2 aromatic rings. The summed E-state index contributed by atoms with van der Waals surface area (Å²) in [4.78, 5) is 8.29. The van der Waals surface area contributed by atoms with Crippen molar-refractivity contribution < 1.29 is 5.11 Å². The van der Waals surface area contributed by atoms with Gasteiger partial charge < -0.3 is 5.11 Å². The van der Waals surface area contributed by atoms with E-state index in [4.69, 9.17) is 5.11 Å². The molecule has 0 radical (unpaired) electrons. The van der Waals surface area contributed by atoms with Gasteiger partial charge in [0.1, 0.15) is 0 Å². The first-order chi connectivity index (χ1) is 7.63. The molecule has 0 aliphatic heterocycles. The van der Waals surface area contributed by atoms with Gasteiger partial charge in [0.15, 0.2) is 0 Å². The minimum absolute atomic E-state index is 0.0545. The highest BCUT2D eigenvalue weighted by Gasteiger charge is 2.11. The lowest BCUT2D eigenvalue weighted by molar-refractivity contribution is 0.281. The van der Waals surface area contributed by atoms with Crippen LogP contribution in [0, 0.1) is 13.8 Å². The van der Waals surface area contributed by atoms with Crippen molar-refractivity contribution in [2.24, 2.45) is 0 Å². The second-order valence-corrected chi connectivity index (χ2v) is 4.24. The van der Waals surface area contributed by atoms with Crippen LogP contribution in [0.4, 0.5) is 0 Å². The number of aliphatic hydroxyl groups excluding tert-OH is 1. The van der Waals surface area contributed by atoms with Crippen molar-refractivity contribution in [1.29, 1.82) is 0 Å². The Morgan fingerprint density at radius 2 is 1.94 bits per heavy atom. The normalized spacial score (nSPS) is 10.8. The Morgan fingerprint density at radius 3 is 2.38 bits per heavy atom. The monoisotopic (exact) mass is 282 g/mol. The fourth-order valence-corrected chi connectivity index (χ4v) is 1.60. The average Bonchev–Trinajstić information content (AvgIpc) is 2.57.